The van der Waals surface area contributed by atoms with E-state index in [1.165, 1.54) is 0 Å². The van der Waals surface area contributed by atoms with Gasteiger partial charge in [-0.05, 0) is 7.05 Å². The highest BCUT2D eigenvalue weighted by atomic mass is 15.2. The van der Waals surface area contributed by atoms with E-state index in [-0.39, 0.29) is 0 Å². The van der Waals surface area contributed by atoms with Gasteiger partial charge in [-0.25, -0.2) is 0 Å². The first-order chi connectivity index (χ1) is 4.74. The molecule has 1 heterocycles. The summed E-state index contributed by atoms with van der Waals surface area (Å²) in [7, 11) is 2.13. The average Bonchev–Trinajstić information content (AvgIpc) is 1.88. The van der Waals surface area contributed by atoms with Gasteiger partial charge in [-0.2, -0.15) is 5.10 Å². The molecule has 0 bridgehead atoms. The molecule has 3 heteroatoms. The van der Waals surface area contributed by atoms with Gasteiger partial charge in [-0.15, -0.1) is 0 Å². The smallest absolute Gasteiger partial charge is 0.0429 e. The first kappa shape index (κ1) is 7.54. The fourth-order valence-corrected chi connectivity index (χ4v) is 1.41. The summed E-state index contributed by atoms with van der Waals surface area (Å²) in [4.78, 5) is 2.30. The van der Waals surface area contributed by atoms with Gasteiger partial charge in [0.05, 0.1) is 0 Å². The number of nitrogens with two attached hydrogens (primary N) is 1. The molecular formula is C7H15N3. The molecule has 2 N–H and O–H groups in total. The number of hydrogen-bond acceptors (Lipinski definition) is 3. The molecule has 1 aliphatic heterocycles. The van der Waals surface area contributed by atoms with Crippen LogP contribution in [0.4, 0.5) is 0 Å². The van der Waals surface area contributed by atoms with Crippen LogP contribution in [0.3, 0.4) is 0 Å². The number of piperidine rings is 1. The molecule has 0 radical (unpaired) electrons. The molecular weight excluding hydrogens is 126 g/mol. The van der Waals surface area contributed by atoms with Gasteiger partial charge >= 0.3 is 0 Å². The summed E-state index contributed by atoms with van der Waals surface area (Å²) in [6.45, 7) is 4.36. The van der Waals surface area contributed by atoms with Crippen molar-refractivity contribution in [2.45, 2.75) is 13.3 Å². The summed E-state index contributed by atoms with van der Waals surface area (Å²) >= 11 is 0. The largest absolute Gasteiger partial charge is 0.323 e. The van der Waals surface area contributed by atoms with E-state index in [1.807, 2.05) is 0 Å². The van der Waals surface area contributed by atoms with Gasteiger partial charge in [0, 0.05) is 31.1 Å². The molecule has 3 nitrogen and oxygen atoms in total. The van der Waals surface area contributed by atoms with Crippen LogP contribution in [0.25, 0.3) is 0 Å². The fourth-order valence-electron chi connectivity index (χ4n) is 1.41. The molecule has 0 aromatic heterocycles. The van der Waals surface area contributed by atoms with Crippen molar-refractivity contribution in [2.75, 3.05) is 20.1 Å². The molecule has 0 spiro atoms. The maximum absolute atomic E-state index is 5.21. The summed E-state index contributed by atoms with van der Waals surface area (Å²) < 4.78 is 0. The quantitative estimate of drug-likeness (QED) is 0.388. The number of hydrogen-bond donors (Lipinski definition) is 1. The van der Waals surface area contributed by atoms with Crippen LogP contribution >= 0.6 is 0 Å². The number of nitrogens with zero attached hydrogens (tertiary/aromatic N) is 2. The van der Waals surface area contributed by atoms with Crippen LogP contribution in [0.5, 0.6) is 0 Å². The van der Waals surface area contributed by atoms with Gasteiger partial charge in [-0.1, -0.05) is 6.92 Å². The van der Waals surface area contributed by atoms with Crippen molar-refractivity contribution >= 4 is 5.71 Å². The van der Waals surface area contributed by atoms with Crippen molar-refractivity contribution in [3.63, 3.8) is 0 Å². The van der Waals surface area contributed by atoms with E-state index < -0.39 is 0 Å². The molecule has 1 aliphatic rings. The molecule has 1 atom stereocenters. The summed E-state index contributed by atoms with van der Waals surface area (Å²) in [5, 5.41) is 3.75. The first-order valence-electron chi connectivity index (χ1n) is 3.69. The highest BCUT2D eigenvalue weighted by Crippen LogP contribution is 2.10. The normalized spacial score (nSPS) is 33.0. The minimum atomic E-state index is 0.545. The zero-order valence-corrected chi connectivity index (χ0v) is 6.67. The zero-order chi connectivity index (χ0) is 7.56. The fraction of sp³-hybridized carbons (Fsp3) is 0.857. The minimum absolute atomic E-state index is 0.545. The lowest BCUT2D eigenvalue weighted by Crippen LogP contribution is -2.37. The average molecular weight is 141 g/mol. The van der Waals surface area contributed by atoms with Gasteiger partial charge in [0.15, 0.2) is 0 Å². The Morgan fingerprint density at radius 2 is 2.40 bits per heavy atom. The van der Waals surface area contributed by atoms with Crippen molar-refractivity contribution < 1.29 is 0 Å². The molecule has 10 heavy (non-hydrogen) atoms. The second kappa shape index (κ2) is 3.01. The Labute approximate surface area is 61.9 Å². The van der Waals surface area contributed by atoms with E-state index in [9.17, 15) is 0 Å². The van der Waals surface area contributed by atoms with Gasteiger partial charge in [-0.3, -0.25) is 0 Å². The van der Waals surface area contributed by atoms with Crippen LogP contribution in [0, 0.1) is 5.92 Å². The Morgan fingerprint density at radius 3 is 2.90 bits per heavy atom. The molecule has 0 aromatic rings. The maximum Gasteiger partial charge on any atom is 0.0429 e. The number of hydrazone groups is 1. The molecule has 1 rings (SSSR count). The standard InChI is InChI=1S/C7H15N3/c1-6-5-10(2)4-3-7(6)9-8/h6H,3-5,8H2,1-2H3. The Kier molecular flexibility index (Phi) is 2.27. The van der Waals surface area contributed by atoms with Gasteiger partial charge in [0.1, 0.15) is 0 Å². The van der Waals surface area contributed by atoms with Crippen molar-refractivity contribution in [3.8, 4) is 0 Å². The first-order valence-corrected chi connectivity index (χ1v) is 3.69. The van der Waals surface area contributed by atoms with Crippen LogP contribution in [0.2, 0.25) is 0 Å². The summed E-state index contributed by atoms with van der Waals surface area (Å²) in [6.07, 6.45) is 1.04. The molecule has 1 saturated heterocycles. The third kappa shape index (κ3) is 1.48. The van der Waals surface area contributed by atoms with E-state index in [0.29, 0.717) is 5.92 Å². The topological polar surface area (TPSA) is 41.6 Å². The second-order valence-corrected chi connectivity index (χ2v) is 3.03. The summed E-state index contributed by atoms with van der Waals surface area (Å²) in [5.41, 5.74) is 1.16. The van der Waals surface area contributed by atoms with Crippen LogP contribution in [0.15, 0.2) is 5.10 Å². The lowest BCUT2D eigenvalue weighted by atomic mass is 9.98. The van der Waals surface area contributed by atoms with E-state index in [2.05, 4.69) is 24.0 Å². The van der Waals surface area contributed by atoms with Crippen LogP contribution < -0.4 is 5.84 Å². The van der Waals surface area contributed by atoms with Crippen LogP contribution in [0.1, 0.15) is 13.3 Å². The molecule has 1 unspecified atom stereocenters. The van der Waals surface area contributed by atoms with E-state index in [0.717, 1.165) is 25.2 Å². The van der Waals surface area contributed by atoms with Crippen molar-refractivity contribution in [3.05, 3.63) is 0 Å². The lowest BCUT2D eigenvalue weighted by Gasteiger charge is -2.28. The maximum atomic E-state index is 5.21. The Bertz CT molecular complexity index is 142. The SMILES string of the molecule is CC1CN(C)CCC1=NN. The summed E-state index contributed by atoms with van der Waals surface area (Å²) in [6, 6.07) is 0. The van der Waals surface area contributed by atoms with Crippen LogP contribution in [-0.2, 0) is 0 Å². The second-order valence-electron chi connectivity index (χ2n) is 3.03. The molecule has 0 aliphatic carbocycles. The molecule has 1 fully saturated rings. The predicted molar refractivity (Wildman–Crippen MR) is 42.9 cm³/mol. The van der Waals surface area contributed by atoms with Crippen molar-refractivity contribution in [1.82, 2.24) is 4.90 Å². The third-order valence-electron chi connectivity index (χ3n) is 2.07. The third-order valence-corrected chi connectivity index (χ3v) is 2.07. The molecule has 58 valence electrons. The molecule has 0 amide bonds. The Balaban J connectivity index is 2.52. The van der Waals surface area contributed by atoms with Crippen molar-refractivity contribution in [2.24, 2.45) is 16.9 Å². The monoisotopic (exact) mass is 141 g/mol. The number of likely N-dealkylation sites (tertiary alicyclic amines) is 1. The zero-order valence-electron chi connectivity index (χ0n) is 6.67. The molecule has 0 aromatic carbocycles. The number of rotatable bonds is 0. The predicted octanol–water partition coefficient (Wildman–Crippen LogP) is 0.273. The minimum Gasteiger partial charge on any atom is -0.323 e. The van der Waals surface area contributed by atoms with E-state index in [4.69, 9.17) is 5.84 Å². The van der Waals surface area contributed by atoms with E-state index >= 15 is 0 Å². The highest BCUT2D eigenvalue weighted by Gasteiger charge is 2.18. The van der Waals surface area contributed by atoms with Crippen molar-refractivity contribution in [1.29, 1.82) is 0 Å². The van der Waals surface area contributed by atoms with E-state index in [1.54, 1.807) is 0 Å². The van der Waals surface area contributed by atoms with Gasteiger partial charge in [0.2, 0.25) is 0 Å². The Hall–Kier alpha value is -0.570. The highest BCUT2D eigenvalue weighted by molar-refractivity contribution is 5.87. The van der Waals surface area contributed by atoms with Gasteiger partial charge < -0.3 is 10.7 Å². The molecule has 0 saturated carbocycles. The van der Waals surface area contributed by atoms with Crippen LogP contribution in [-0.4, -0.2) is 30.7 Å². The Morgan fingerprint density at radius 1 is 1.70 bits per heavy atom. The lowest BCUT2D eigenvalue weighted by molar-refractivity contribution is 0.299. The van der Waals surface area contributed by atoms with Gasteiger partial charge in [0.25, 0.3) is 0 Å². The summed E-state index contributed by atoms with van der Waals surface area (Å²) in [5.74, 6) is 5.75.